The summed E-state index contributed by atoms with van der Waals surface area (Å²) in [5.74, 6) is -0.0134. The molecule has 0 saturated heterocycles. The molecule has 0 saturated carbocycles. The number of rotatable bonds is 6. The summed E-state index contributed by atoms with van der Waals surface area (Å²) in [5.41, 5.74) is 10.1. The number of benzene rings is 2. The van der Waals surface area contributed by atoms with E-state index in [9.17, 15) is 9.18 Å². The predicted molar refractivity (Wildman–Crippen MR) is 133 cm³/mol. The number of carbonyl (C=O) groups excluding carboxylic acids is 1. The van der Waals surface area contributed by atoms with Gasteiger partial charge in [-0.05, 0) is 31.0 Å². The van der Waals surface area contributed by atoms with Crippen LogP contribution in [0.4, 0.5) is 15.9 Å². The molecule has 0 fully saturated rings. The van der Waals surface area contributed by atoms with Gasteiger partial charge in [0.1, 0.15) is 29.2 Å². The molecule has 0 radical (unpaired) electrons. The minimum Gasteiger partial charge on any atom is -0.443 e. The highest BCUT2D eigenvalue weighted by Gasteiger charge is 2.19. The van der Waals surface area contributed by atoms with Crippen molar-refractivity contribution in [3.8, 4) is 23.1 Å². The third-order valence-corrected chi connectivity index (χ3v) is 5.71. The van der Waals surface area contributed by atoms with Crippen molar-refractivity contribution < 1.29 is 13.6 Å². The van der Waals surface area contributed by atoms with Crippen molar-refractivity contribution in [2.24, 2.45) is 0 Å². The molecule has 180 valence electrons. The van der Waals surface area contributed by atoms with E-state index < -0.39 is 0 Å². The summed E-state index contributed by atoms with van der Waals surface area (Å²) in [5, 5.41) is 7.34. The molecule has 5 rings (SSSR count). The van der Waals surface area contributed by atoms with Crippen LogP contribution in [0.1, 0.15) is 27.0 Å². The fourth-order valence-corrected chi connectivity index (χ4v) is 3.93. The lowest BCUT2D eigenvalue weighted by atomic mass is 10.0. The van der Waals surface area contributed by atoms with E-state index in [0.29, 0.717) is 28.4 Å². The van der Waals surface area contributed by atoms with Crippen molar-refractivity contribution in [1.82, 2.24) is 24.7 Å². The molecule has 0 aliphatic heterocycles. The Morgan fingerprint density at radius 2 is 1.89 bits per heavy atom. The van der Waals surface area contributed by atoms with E-state index >= 15 is 0 Å². The molecule has 1 amide bonds. The van der Waals surface area contributed by atoms with E-state index in [4.69, 9.17) is 10.2 Å². The van der Waals surface area contributed by atoms with Crippen LogP contribution in [0.25, 0.3) is 23.1 Å². The van der Waals surface area contributed by atoms with Crippen LogP contribution in [0.15, 0.2) is 71.6 Å². The number of aryl methyl sites for hydroxylation is 2. The van der Waals surface area contributed by atoms with Gasteiger partial charge in [0, 0.05) is 17.2 Å². The van der Waals surface area contributed by atoms with Gasteiger partial charge >= 0.3 is 0 Å². The number of nitrogens with zero attached hydrogens (tertiary/aromatic N) is 5. The van der Waals surface area contributed by atoms with Crippen LogP contribution in [0.5, 0.6) is 0 Å². The topological polar surface area (TPSA) is 125 Å². The number of nitrogens with two attached hydrogens (primary N) is 1. The zero-order valence-corrected chi connectivity index (χ0v) is 19.6. The minimum absolute atomic E-state index is 0.0842. The minimum atomic E-state index is -0.350. The first kappa shape index (κ1) is 22.9. The first-order valence-corrected chi connectivity index (χ1v) is 11.1. The Labute approximate surface area is 205 Å². The van der Waals surface area contributed by atoms with Crippen LogP contribution in [-0.2, 0) is 6.54 Å². The van der Waals surface area contributed by atoms with E-state index in [0.717, 1.165) is 11.1 Å². The van der Waals surface area contributed by atoms with Crippen molar-refractivity contribution in [2.45, 2.75) is 20.4 Å². The molecule has 0 spiro atoms. The summed E-state index contributed by atoms with van der Waals surface area (Å²) in [4.78, 5) is 25.7. The van der Waals surface area contributed by atoms with Gasteiger partial charge in [-0.15, -0.1) is 0 Å². The van der Waals surface area contributed by atoms with Crippen LogP contribution >= 0.6 is 0 Å². The highest BCUT2D eigenvalue weighted by Crippen LogP contribution is 2.27. The average Bonchev–Trinajstić information content (AvgIpc) is 3.52. The molecule has 0 bridgehead atoms. The molecule has 0 unspecified atom stereocenters. The summed E-state index contributed by atoms with van der Waals surface area (Å²) in [6, 6.07) is 13.8. The van der Waals surface area contributed by atoms with Crippen LogP contribution in [0.2, 0.25) is 0 Å². The number of hydrogen-bond donors (Lipinski definition) is 2. The van der Waals surface area contributed by atoms with E-state index in [1.165, 1.54) is 24.7 Å². The number of nitrogen functional groups attached to an aromatic ring is 1. The molecule has 2 aromatic carbocycles. The molecular weight excluding hydrogens is 461 g/mol. The molecule has 10 heteroatoms. The van der Waals surface area contributed by atoms with E-state index in [2.05, 4.69) is 25.4 Å². The molecule has 5 aromatic rings. The lowest BCUT2D eigenvalue weighted by Gasteiger charge is -2.11. The fraction of sp³-hybridized carbons (Fsp3) is 0.115. The van der Waals surface area contributed by atoms with Crippen molar-refractivity contribution in [2.75, 3.05) is 11.1 Å². The van der Waals surface area contributed by atoms with E-state index in [1.54, 1.807) is 28.9 Å². The molecule has 3 heterocycles. The summed E-state index contributed by atoms with van der Waals surface area (Å²) < 4.78 is 21.3. The quantitative estimate of drug-likeness (QED) is 0.361. The van der Waals surface area contributed by atoms with Gasteiger partial charge in [-0.2, -0.15) is 5.10 Å². The lowest BCUT2D eigenvalue weighted by Crippen LogP contribution is -2.17. The molecule has 36 heavy (non-hydrogen) atoms. The molecule has 3 aromatic heterocycles. The van der Waals surface area contributed by atoms with E-state index in [-0.39, 0.29) is 35.6 Å². The Balaban J connectivity index is 1.46. The molecule has 9 nitrogen and oxygen atoms in total. The number of carbonyl (C=O) groups is 1. The van der Waals surface area contributed by atoms with Crippen LogP contribution < -0.4 is 11.1 Å². The van der Waals surface area contributed by atoms with Gasteiger partial charge < -0.3 is 15.5 Å². The van der Waals surface area contributed by atoms with Gasteiger partial charge in [0.25, 0.3) is 5.91 Å². The van der Waals surface area contributed by atoms with Gasteiger partial charge in [-0.3, -0.25) is 9.48 Å². The van der Waals surface area contributed by atoms with Crippen LogP contribution in [-0.4, -0.2) is 30.6 Å². The van der Waals surface area contributed by atoms with Crippen molar-refractivity contribution in [1.29, 1.82) is 0 Å². The van der Waals surface area contributed by atoms with Gasteiger partial charge in [-0.1, -0.05) is 36.4 Å². The summed E-state index contributed by atoms with van der Waals surface area (Å²) >= 11 is 0. The highest BCUT2D eigenvalue weighted by molar-refractivity contribution is 6.07. The first-order chi connectivity index (χ1) is 17.4. The Kier molecular flexibility index (Phi) is 5.99. The highest BCUT2D eigenvalue weighted by atomic mass is 19.1. The van der Waals surface area contributed by atoms with Gasteiger partial charge in [0.05, 0.1) is 18.9 Å². The molecule has 0 atom stereocenters. The smallest absolute Gasteiger partial charge is 0.256 e. The number of oxazole rings is 1. The Hall–Kier alpha value is -4.86. The van der Waals surface area contributed by atoms with Crippen molar-refractivity contribution in [3.05, 3.63) is 95.3 Å². The monoisotopic (exact) mass is 483 g/mol. The standard InChI is InChI=1S/C26H22FN7O2/c1-15-6-5-7-16(2)22(15)25(35)31-20-13-30-24(32-23(20)28)19-12-21(26-29-10-11-36-26)34(33-19)14-17-8-3-4-9-18(17)27/h3-13H,14H2,1-2H3,(H,31,35)(H2,28,30,32). The van der Waals surface area contributed by atoms with Gasteiger partial charge in [0.15, 0.2) is 11.6 Å². The first-order valence-electron chi connectivity index (χ1n) is 11.1. The maximum atomic E-state index is 14.3. The fourth-order valence-electron chi connectivity index (χ4n) is 3.93. The second kappa shape index (κ2) is 9.41. The summed E-state index contributed by atoms with van der Waals surface area (Å²) in [7, 11) is 0. The third-order valence-electron chi connectivity index (χ3n) is 5.71. The second-order valence-electron chi connectivity index (χ2n) is 8.21. The average molecular weight is 484 g/mol. The zero-order chi connectivity index (χ0) is 25.2. The number of amides is 1. The lowest BCUT2D eigenvalue weighted by molar-refractivity contribution is 0.102. The summed E-state index contributed by atoms with van der Waals surface area (Å²) in [6.07, 6.45) is 4.39. The van der Waals surface area contributed by atoms with Crippen LogP contribution in [0, 0.1) is 19.7 Å². The largest absolute Gasteiger partial charge is 0.443 e. The SMILES string of the molecule is Cc1cccc(C)c1C(=O)Nc1cnc(-c2cc(-c3ncco3)n(Cc3ccccc3F)n2)nc1N. The number of aromatic nitrogens is 5. The maximum absolute atomic E-state index is 14.3. The Morgan fingerprint density at radius 1 is 1.11 bits per heavy atom. The number of nitrogens with one attached hydrogen (secondary N) is 1. The molecular formula is C26H22FN7O2. The second-order valence-corrected chi connectivity index (χ2v) is 8.21. The maximum Gasteiger partial charge on any atom is 0.256 e. The predicted octanol–water partition coefficient (Wildman–Crippen LogP) is 4.63. The molecule has 0 aliphatic carbocycles. The van der Waals surface area contributed by atoms with Crippen molar-refractivity contribution >= 4 is 17.4 Å². The van der Waals surface area contributed by atoms with Crippen LogP contribution in [0.3, 0.4) is 0 Å². The number of hydrogen-bond acceptors (Lipinski definition) is 7. The van der Waals surface area contributed by atoms with Gasteiger partial charge in [-0.25, -0.2) is 19.3 Å². The van der Waals surface area contributed by atoms with Crippen molar-refractivity contribution in [3.63, 3.8) is 0 Å². The summed E-state index contributed by atoms with van der Waals surface area (Å²) in [6.45, 7) is 3.88. The molecule has 0 aliphatic rings. The Morgan fingerprint density at radius 3 is 2.58 bits per heavy atom. The third kappa shape index (κ3) is 4.43. The van der Waals surface area contributed by atoms with E-state index in [1.807, 2.05) is 32.0 Å². The number of halogens is 1. The number of anilines is 2. The Bertz CT molecular complexity index is 1540. The molecule has 3 N–H and O–H groups in total. The zero-order valence-electron chi connectivity index (χ0n) is 19.6. The normalized spacial score (nSPS) is 11.0. The van der Waals surface area contributed by atoms with Gasteiger partial charge in [0.2, 0.25) is 5.89 Å².